The van der Waals surface area contributed by atoms with E-state index in [-0.39, 0.29) is 11.7 Å². The van der Waals surface area contributed by atoms with Gasteiger partial charge in [-0.2, -0.15) is 0 Å². The van der Waals surface area contributed by atoms with E-state index < -0.39 is 0 Å². The summed E-state index contributed by atoms with van der Waals surface area (Å²) in [7, 11) is 0. The number of furan rings is 1. The van der Waals surface area contributed by atoms with Gasteiger partial charge in [0.05, 0.1) is 5.02 Å². The van der Waals surface area contributed by atoms with Crippen molar-refractivity contribution < 1.29 is 9.21 Å². The van der Waals surface area contributed by atoms with Crippen LogP contribution < -0.4 is 0 Å². The van der Waals surface area contributed by atoms with Gasteiger partial charge in [-0.05, 0) is 18.2 Å². The Morgan fingerprint density at radius 3 is 2.62 bits per heavy atom. The first-order valence-corrected chi connectivity index (χ1v) is 5.68. The molecule has 2 rings (SSSR count). The molecule has 0 aliphatic heterocycles. The highest BCUT2D eigenvalue weighted by atomic mass is 35.5. The van der Waals surface area contributed by atoms with Gasteiger partial charge >= 0.3 is 0 Å². The van der Waals surface area contributed by atoms with Gasteiger partial charge in [0, 0.05) is 11.3 Å². The predicted octanol–water partition coefficient (Wildman–Crippen LogP) is 4.58. The van der Waals surface area contributed by atoms with E-state index in [0.29, 0.717) is 21.4 Å². The molecule has 1 aromatic carbocycles. The minimum atomic E-state index is -0.102. The van der Waals surface area contributed by atoms with Crippen molar-refractivity contribution in [1.82, 2.24) is 0 Å². The van der Waals surface area contributed by atoms with Crippen molar-refractivity contribution in [2.45, 2.75) is 13.8 Å². The molecule has 16 heavy (non-hydrogen) atoms. The molecule has 0 fully saturated rings. The van der Waals surface area contributed by atoms with Crippen LogP contribution in [0.3, 0.4) is 0 Å². The molecule has 1 aromatic heterocycles. The maximum absolute atomic E-state index is 11.7. The van der Waals surface area contributed by atoms with Crippen LogP contribution in [0.5, 0.6) is 0 Å². The summed E-state index contributed by atoms with van der Waals surface area (Å²) in [5.74, 6) is 0.187. The number of carbonyl (C=O) groups is 1. The lowest BCUT2D eigenvalue weighted by atomic mass is 10.1. The van der Waals surface area contributed by atoms with Gasteiger partial charge in [-0.3, -0.25) is 4.79 Å². The molecule has 0 saturated carbocycles. The second-order valence-electron chi connectivity index (χ2n) is 3.91. The van der Waals surface area contributed by atoms with Gasteiger partial charge in [-0.25, -0.2) is 0 Å². The second-order valence-corrected chi connectivity index (χ2v) is 4.69. The van der Waals surface area contributed by atoms with E-state index in [4.69, 9.17) is 27.6 Å². The zero-order valence-corrected chi connectivity index (χ0v) is 10.4. The SMILES string of the molecule is CC(C)C(=O)c1cc2ccc(Cl)c(Cl)c2o1. The first-order chi connectivity index (χ1) is 7.50. The van der Waals surface area contributed by atoms with Gasteiger partial charge in [-0.15, -0.1) is 0 Å². The summed E-state index contributed by atoms with van der Waals surface area (Å²) >= 11 is 11.8. The lowest BCUT2D eigenvalue weighted by Crippen LogP contribution is -2.05. The maximum atomic E-state index is 11.7. The molecular weight excluding hydrogens is 247 g/mol. The number of hydrogen-bond donors (Lipinski definition) is 0. The van der Waals surface area contributed by atoms with Crippen LogP contribution >= 0.6 is 23.2 Å². The van der Waals surface area contributed by atoms with Crippen molar-refractivity contribution in [2.24, 2.45) is 5.92 Å². The molecule has 2 nitrogen and oxygen atoms in total. The van der Waals surface area contributed by atoms with Crippen LogP contribution in [0.15, 0.2) is 22.6 Å². The van der Waals surface area contributed by atoms with Crippen molar-refractivity contribution >= 4 is 40.0 Å². The van der Waals surface area contributed by atoms with E-state index in [0.717, 1.165) is 5.39 Å². The summed E-state index contributed by atoms with van der Waals surface area (Å²) in [6, 6.07) is 5.16. The standard InChI is InChI=1S/C12H10Cl2O2/c1-6(2)11(15)9-5-7-3-4-8(13)10(14)12(7)16-9/h3-6H,1-2H3. The van der Waals surface area contributed by atoms with E-state index in [9.17, 15) is 4.79 Å². The number of Topliss-reactive ketones (excluding diaryl/α,β-unsaturated/α-hetero) is 1. The highest BCUT2D eigenvalue weighted by molar-refractivity contribution is 6.44. The topological polar surface area (TPSA) is 30.2 Å². The zero-order chi connectivity index (χ0) is 11.9. The third-order valence-corrected chi connectivity index (χ3v) is 3.13. The van der Waals surface area contributed by atoms with Crippen molar-refractivity contribution in [1.29, 1.82) is 0 Å². The van der Waals surface area contributed by atoms with E-state index in [2.05, 4.69) is 0 Å². The van der Waals surface area contributed by atoms with Gasteiger partial charge in [0.2, 0.25) is 5.78 Å². The number of rotatable bonds is 2. The smallest absolute Gasteiger partial charge is 0.200 e. The third-order valence-electron chi connectivity index (χ3n) is 2.35. The molecule has 2 aromatic rings. The van der Waals surface area contributed by atoms with Crippen LogP contribution in [-0.4, -0.2) is 5.78 Å². The average Bonchev–Trinajstić information content (AvgIpc) is 2.67. The fourth-order valence-corrected chi connectivity index (χ4v) is 1.81. The number of benzene rings is 1. The largest absolute Gasteiger partial charge is 0.451 e. The van der Waals surface area contributed by atoms with Crippen molar-refractivity contribution in [3.63, 3.8) is 0 Å². The molecule has 0 saturated heterocycles. The Balaban J connectivity index is 2.61. The summed E-state index contributed by atoms with van der Waals surface area (Å²) in [5, 5.41) is 1.56. The van der Waals surface area contributed by atoms with Gasteiger partial charge in [0.1, 0.15) is 5.02 Å². The second kappa shape index (κ2) is 4.11. The van der Waals surface area contributed by atoms with Gasteiger partial charge in [0.25, 0.3) is 0 Å². The molecule has 0 radical (unpaired) electrons. The number of halogens is 2. The Labute approximate surface area is 103 Å². The van der Waals surface area contributed by atoms with Gasteiger partial charge in [0.15, 0.2) is 11.3 Å². The quantitative estimate of drug-likeness (QED) is 0.737. The molecule has 84 valence electrons. The third kappa shape index (κ3) is 1.83. The highest BCUT2D eigenvalue weighted by Gasteiger charge is 2.17. The Morgan fingerprint density at radius 1 is 1.31 bits per heavy atom. The Hall–Kier alpha value is -0.990. The van der Waals surface area contributed by atoms with Crippen LogP contribution in [0.4, 0.5) is 0 Å². The Morgan fingerprint density at radius 2 is 2.00 bits per heavy atom. The zero-order valence-electron chi connectivity index (χ0n) is 8.88. The monoisotopic (exact) mass is 256 g/mol. The van der Waals surface area contributed by atoms with Crippen LogP contribution in [0.25, 0.3) is 11.0 Å². The summed E-state index contributed by atoms with van der Waals surface area (Å²) in [6.07, 6.45) is 0. The number of carbonyl (C=O) groups excluding carboxylic acids is 1. The molecule has 0 amide bonds. The summed E-state index contributed by atoms with van der Waals surface area (Å²) in [5.41, 5.74) is 0.471. The first kappa shape index (κ1) is 11.5. The first-order valence-electron chi connectivity index (χ1n) is 4.92. The lowest BCUT2D eigenvalue weighted by Gasteiger charge is -1.98. The van der Waals surface area contributed by atoms with Crippen LogP contribution in [-0.2, 0) is 0 Å². The molecule has 1 heterocycles. The number of fused-ring (bicyclic) bond motifs is 1. The van der Waals surface area contributed by atoms with E-state index in [1.165, 1.54) is 0 Å². The van der Waals surface area contributed by atoms with E-state index >= 15 is 0 Å². The fourth-order valence-electron chi connectivity index (χ4n) is 1.45. The lowest BCUT2D eigenvalue weighted by molar-refractivity contribution is 0.0913. The molecular formula is C12H10Cl2O2. The molecule has 0 aliphatic carbocycles. The normalized spacial score (nSPS) is 11.3. The molecule has 4 heteroatoms. The van der Waals surface area contributed by atoms with Crippen LogP contribution in [0.1, 0.15) is 24.4 Å². The average molecular weight is 257 g/mol. The predicted molar refractivity (Wildman–Crippen MR) is 65.4 cm³/mol. The summed E-state index contributed by atoms with van der Waals surface area (Å²) in [6.45, 7) is 3.65. The Kier molecular flexibility index (Phi) is 2.96. The highest BCUT2D eigenvalue weighted by Crippen LogP contribution is 2.33. The fraction of sp³-hybridized carbons (Fsp3) is 0.250. The molecule has 0 atom stereocenters. The van der Waals surface area contributed by atoms with Crippen LogP contribution in [0, 0.1) is 5.92 Å². The van der Waals surface area contributed by atoms with Crippen molar-refractivity contribution in [3.05, 3.63) is 34.0 Å². The van der Waals surface area contributed by atoms with E-state index in [1.54, 1.807) is 18.2 Å². The van der Waals surface area contributed by atoms with Crippen molar-refractivity contribution in [2.75, 3.05) is 0 Å². The minimum absolute atomic E-state index is 0.0385. The van der Waals surface area contributed by atoms with Gasteiger partial charge in [-0.1, -0.05) is 37.0 Å². The number of hydrogen-bond acceptors (Lipinski definition) is 2. The van der Waals surface area contributed by atoms with Crippen LogP contribution in [0.2, 0.25) is 10.0 Å². The molecule has 0 aliphatic rings. The van der Waals surface area contributed by atoms with Crippen molar-refractivity contribution in [3.8, 4) is 0 Å². The number of ketones is 1. The Bertz CT molecular complexity index is 555. The molecule has 0 unspecified atom stereocenters. The summed E-state index contributed by atoms with van der Waals surface area (Å²) < 4.78 is 5.44. The minimum Gasteiger partial charge on any atom is -0.451 e. The van der Waals surface area contributed by atoms with Gasteiger partial charge < -0.3 is 4.42 Å². The van der Waals surface area contributed by atoms with E-state index in [1.807, 2.05) is 13.8 Å². The summed E-state index contributed by atoms with van der Waals surface area (Å²) in [4.78, 5) is 11.7. The maximum Gasteiger partial charge on any atom is 0.200 e. The molecule has 0 bridgehead atoms. The molecule has 0 spiro atoms. The molecule has 0 N–H and O–H groups in total.